The summed E-state index contributed by atoms with van der Waals surface area (Å²) in [6, 6.07) is 14.2. The summed E-state index contributed by atoms with van der Waals surface area (Å²) in [5, 5.41) is 11.6. The third kappa shape index (κ3) is 6.05. The Labute approximate surface area is 207 Å². The van der Waals surface area contributed by atoms with E-state index in [1.165, 1.54) is 14.8 Å². The van der Waals surface area contributed by atoms with Gasteiger partial charge in [-0.2, -0.15) is 0 Å². The molecule has 0 spiro atoms. The highest BCUT2D eigenvalue weighted by molar-refractivity contribution is 6.31. The molecule has 2 heterocycles. The lowest BCUT2D eigenvalue weighted by Gasteiger charge is -2.38. The SMILES string of the molecule is CC(C)(C)OC(=O)C(Cc1ccccc1)N1CON(c2cc(Cl)ccc2-n2cc(Cl)nn2)CO1. The second kappa shape index (κ2) is 10.3. The largest absolute Gasteiger partial charge is 0.459 e. The lowest BCUT2D eigenvalue weighted by Crippen LogP contribution is -2.52. The highest BCUT2D eigenvalue weighted by Crippen LogP contribution is 2.30. The zero-order valence-electron chi connectivity index (χ0n) is 19.0. The van der Waals surface area contributed by atoms with Crippen LogP contribution < -0.4 is 5.06 Å². The van der Waals surface area contributed by atoms with Crippen molar-refractivity contribution in [3.05, 3.63) is 70.5 Å². The minimum Gasteiger partial charge on any atom is -0.459 e. The van der Waals surface area contributed by atoms with E-state index in [0.29, 0.717) is 22.8 Å². The average molecular weight is 506 g/mol. The molecule has 1 saturated heterocycles. The molecule has 1 aliphatic rings. The number of nitrogens with zero attached hydrogens (tertiary/aromatic N) is 5. The standard InChI is InChI=1S/C23H25Cl2N5O4/c1-23(2,3)34-22(31)20(11-16-7-5-4-6-8-16)30-15-32-29(14-33-30)19-12-17(24)9-10-18(19)28-13-21(25)26-27-28/h4-10,12-13,20H,11,14-15H2,1-3H3. The summed E-state index contributed by atoms with van der Waals surface area (Å²) in [6.45, 7) is 5.48. The molecule has 34 heavy (non-hydrogen) atoms. The smallest absolute Gasteiger partial charge is 0.326 e. The van der Waals surface area contributed by atoms with Gasteiger partial charge < -0.3 is 4.74 Å². The molecule has 180 valence electrons. The summed E-state index contributed by atoms with van der Waals surface area (Å²) in [6.07, 6.45) is 1.97. The molecule has 0 amide bonds. The van der Waals surface area contributed by atoms with Gasteiger partial charge in [0.1, 0.15) is 11.6 Å². The number of rotatable bonds is 6. The summed E-state index contributed by atoms with van der Waals surface area (Å²) in [5.74, 6) is -0.394. The highest BCUT2D eigenvalue weighted by atomic mass is 35.5. The number of carbonyl (C=O) groups excluding carboxylic acids is 1. The molecule has 0 saturated carbocycles. The van der Waals surface area contributed by atoms with Gasteiger partial charge in [0, 0.05) is 11.4 Å². The van der Waals surface area contributed by atoms with Crippen molar-refractivity contribution in [2.24, 2.45) is 0 Å². The molecule has 1 aromatic heterocycles. The minimum absolute atomic E-state index is 0.00383. The van der Waals surface area contributed by atoms with Gasteiger partial charge in [0.05, 0.1) is 17.6 Å². The quantitative estimate of drug-likeness (QED) is 0.455. The maximum absolute atomic E-state index is 13.0. The highest BCUT2D eigenvalue weighted by Gasteiger charge is 2.35. The molecule has 0 N–H and O–H groups in total. The van der Waals surface area contributed by atoms with Gasteiger partial charge in [-0.15, -0.1) is 10.2 Å². The third-order valence-electron chi connectivity index (χ3n) is 4.90. The maximum atomic E-state index is 13.0. The van der Waals surface area contributed by atoms with Crippen LogP contribution in [-0.2, 0) is 25.6 Å². The van der Waals surface area contributed by atoms with Gasteiger partial charge in [0.15, 0.2) is 18.6 Å². The van der Waals surface area contributed by atoms with Crippen molar-refractivity contribution in [2.75, 3.05) is 18.5 Å². The fourth-order valence-electron chi connectivity index (χ4n) is 3.41. The lowest BCUT2D eigenvalue weighted by atomic mass is 10.1. The Bertz CT molecular complexity index is 1130. The van der Waals surface area contributed by atoms with E-state index in [4.69, 9.17) is 37.6 Å². The topological polar surface area (TPSA) is 82.0 Å². The number of esters is 1. The normalized spacial score (nSPS) is 15.9. The van der Waals surface area contributed by atoms with Gasteiger partial charge in [-0.1, -0.05) is 58.7 Å². The monoisotopic (exact) mass is 505 g/mol. The fourth-order valence-corrected chi connectivity index (χ4v) is 3.70. The second-order valence-electron chi connectivity index (χ2n) is 8.67. The van der Waals surface area contributed by atoms with Crippen LogP contribution in [0.5, 0.6) is 0 Å². The van der Waals surface area contributed by atoms with E-state index in [1.807, 2.05) is 51.1 Å². The van der Waals surface area contributed by atoms with E-state index >= 15 is 0 Å². The van der Waals surface area contributed by atoms with E-state index < -0.39 is 17.6 Å². The number of hydroxylamine groups is 3. The van der Waals surface area contributed by atoms with E-state index in [9.17, 15) is 4.79 Å². The van der Waals surface area contributed by atoms with Gasteiger partial charge >= 0.3 is 5.97 Å². The first kappa shape index (κ1) is 24.4. The number of anilines is 1. The first-order chi connectivity index (χ1) is 16.2. The van der Waals surface area contributed by atoms with Crippen LogP contribution in [0, 0.1) is 0 Å². The summed E-state index contributed by atoms with van der Waals surface area (Å²) in [4.78, 5) is 25.0. The zero-order chi connectivity index (χ0) is 24.3. The number of hydrogen-bond donors (Lipinski definition) is 0. The number of ether oxygens (including phenoxy) is 1. The zero-order valence-corrected chi connectivity index (χ0v) is 20.5. The van der Waals surface area contributed by atoms with Gasteiger partial charge in [0.2, 0.25) is 0 Å². The predicted molar refractivity (Wildman–Crippen MR) is 127 cm³/mol. The van der Waals surface area contributed by atoms with Crippen molar-refractivity contribution < 1.29 is 19.2 Å². The Balaban J connectivity index is 1.53. The summed E-state index contributed by atoms with van der Waals surface area (Å²) in [7, 11) is 0. The van der Waals surface area contributed by atoms with Gasteiger partial charge in [-0.05, 0) is 44.5 Å². The van der Waals surface area contributed by atoms with Crippen molar-refractivity contribution >= 4 is 34.9 Å². The number of benzene rings is 2. The van der Waals surface area contributed by atoms with Crippen LogP contribution in [0.15, 0.2) is 54.7 Å². The molecule has 1 aliphatic heterocycles. The molecule has 0 aliphatic carbocycles. The molecule has 0 radical (unpaired) electrons. The molecule has 1 fully saturated rings. The summed E-state index contributed by atoms with van der Waals surface area (Å²) < 4.78 is 7.17. The average Bonchev–Trinajstić information content (AvgIpc) is 3.23. The number of hydrogen-bond acceptors (Lipinski definition) is 8. The van der Waals surface area contributed by atoms with Crippen molar-refractivity contribution in [1.82, 2.24) is 20.1 Å². The molecule has 9 nitrogen and oxygen atoms in total. The summed E-state index contributed by atoms with van der Waals surface area (Å²) >= 11 is 12.2. The van der Waals surface area contributed by atoms with Crippen LogP contribution in [0.25, 0.3) is 5.69 Å². The van der Waals surface area contributed by atoms with Crippen LogP contribution in [-0.4, -0.2) is 51.1 Å². The first-order valence-electron chi connectivity index (χ1n) is 10.6. The van der Waals surface area contributed by atoms with Crippen LogP contribution in [0.1, 0.15) is 26.3 Å². The fraction of sp³-hybridized carbons (Fsp3) is 0.348. The van der Waals surface area contributed by atoms with Gasteiger partial charge in [-0.3, -0.25) is 14.5 Å². The molecule has 1 unspecified atom stereocenters. The summed E-state index contributed by atoms with van der Waals surface area (Å²) in [5.41, 5.74) is 1.59. The van der Waals surface area contributed by atoms with E-state index in [-0.39, 0.29) is 18.6 Å². The van der Waals surface area contributed by atoms with Gasteiger partial charge in [-0.25, -0.2) is 9.75 Å². The lowest BCUT2D eigenvalue weighted by molar-refractivity contribution is -0.284. The van der Waals surface area contributed by atoms with Crippen molar-refractivity contribution in [3.63, 3.8) is 0 Å². The molecular formula is C23H25Cl2N5O4. The molecule has 4 rings (SSSR count). The number of halogens is 2. The predicted octanol–water partition coefficient (Wildman–Crippen LogP) is 4.43. The maximum Gasteiger partial charge on any atom is 0.326 e. The second-order valence-corrected chi connectivity index (χ2v) is 9.49. The molecule has 2 aromatic carbocycles. The van der Waals surface area contributed by atoms with Crippen molar-refractivity contribution in [3.8, 4) is 5.69 Å². The van der Waals surface area contributed by atoms with Crippen LogP contribution in [0.2, 0.25) is 10.2 Å². The Morgan fingerprint density at radius 1 is 1.09 bits per heavy atom. The minimum atomic E-state index is -0.697. The Hall–Kier alpha value is -2.69. The number of aromatic nitrogens is 3. The first-order valence-corrected chi connectivity index (χ1v) is 11.4. The third-order valence-corrected chi connectivity index (χ3v) is 5.31. The van der Waals surface area contributed by atoms with Crippen LogP contribution in [0.3, 0.4) is 0 Å². The van der Waals surface area contributed by atoms with Crippen LogP contribution in [0.4, 0.5) is 5.69 Å². The molecular weight excluding hydrogens is 481 g/mol. The molecule has 1 atom stereocenters. The van der Waals surface area contributed by atoms with E-state index in [1.54, 1.807) is 24.4 Å². The van der Waals surface area contributed by atoms with Gasteiger partial charge in [0.25, 0.3) is 0 Å². The number of carbonyl (C=O) groups is 1. The Morgan fingerprint density at radius 3 is 2.47 bits per heavy atom. The van der Waals surface area contributed by atoms with Crippen LogP contribution >= 0.6 is 23.2 Å². The van der Waals surface area contributed by atoms with Crippen molar-refractivity contribution in [2.45, 2.75) is 38.8 Å². The van der Waals surface area contributed by atoms with Crippen molar-refractivity contribution in [1.29, 1.82) is 0 Å². The van der Waals surface area contributed by atoms with E-state index in [0.717, 1.165) is 5.56 Å². The Morgan fingerprint density at radius 2 is 1.85 bits per heavy atom. The molecule has 0 bridgehead atoms. The Kier molecular flexibility index (Phi) is 7.39. The molecule has 3 aromatic rings. The van der Waals surface area contributed by atoms with E-state index in [2.05, 4.69) is 10.3 Å². The molecule has 11 heteroatoms.